The molecule has 2 aromatic rings. The van der Waals surface area contributed by atoms with E-state index in [9.17, 15) is 4.79 Å². The van der Waals surface area contributed by atoms with Gasteiger partial charge >= 0.3 is 0 Å². The fourth-order valence-electron chi connectivity index (χ4n) is 2.17. The number of rotatable bonds is 3. The van der Waals surface area contributed by atoms with Gasteiger partial charge in [-0.25, -0.2) is 0 Å². The topological polar surface area (TPSA) is 46.9 Å². The van der Waals surface area contributed by atoms with Crippen LogP contribution in [-0.4, -0.2) is 15.7 Å². The number of halogens is 2. The van der Waals surface area contributed by atoms with Crippen LogP contribution in [0.3, 0.4) is 0 Å². The van der Waals surface area contributed by atoms with Gasteiger partial charge in [0, 0.05) is 15.2 Å². The normalized spacial score (nSPS) is 11.0. The number of nitrogens with zero attached hydrogens (tertiary/aromatic N) is 2. The van der Waals surface area contributed by atoms with Crippen LogP contribution < -0.4 is 5.32 Å². The maximum Gasteiger partial charge on any atom is 0.255 e. The van der Waals surface area contributed by atoms with Crippen molar-refractivity contribution < 1.29 is 4.79 Å². The number of amides is 1. The van der Waals surface area contributed by atoms with E-state index in [1.807, 2.05) is 24.6 Å². The molecule has 0 saturated carbocycles. The van der Waals surface area contributed by atoms with Crippen LogP contribution >= 0.6 is 34.2 Å². The minimum Gasteiger partial charge on any atom is -0.319 e. The Labute approximate surface area is 143 Å². The Morgan fingerprint density at radius 1 is 1.38 bits per heavy atom. The molecular weight excluding hydrogens is 401 g/mol. The molecule has 0 unspecified atom stereocenters. The van der Waals surface area contributed by atoms with Gasteiger partial charge in [0.1, 0.15) is 0 Å². The molecule has 1 aromatic carbocycles. The van der Waals surface area contributed by atoms with Crippen LogP contribution in [0.5, 0.6) is 0 Å². The van der Waals surface area contributed by atoms with Crippen molar-refractivity contribution in [3.63, 3.8) is 0 Å². The van der Waals surface area contributed by atoms with Crippen molar-refractivity contribution in [1.82, 2.24) is 9.78 Å². The molecule has 0 spiro atoms. The second kappa shape index (κ2) is 6.36. The lowest BCUT2D eigenvalue weighted by atomic mass is 10.2. The molecule has 2 rings (SSSR count). The van der Waals surface area contributed by atoms with Crippen LogP contribution in [0.1, 0.15) is 41.6 Å². The second-order valence-electron chi connectivity index (χ2n) is 5.17. The van der Waals surface area contributed by atoms with Gasteiger partial charge in [0.25, 0.3) is 5.91 Å². The molecule has 21 heavy (non-hydrogen) atoms. The zero-order valence-electron chi connectivity index (χ0n) is 12.4. The SMILES string of the molecule is Cc1nn(C(C)C)c(C)c1NC(=O)c1ccc(I)c(Cl)c1. The Balaban J connectivity index is 2.29. The van der Waals surface area contributed by atoms with E-state index >= 15 is 0 Å². The summed E-state index contributed by atoms with van der Waals surface area (Å²) < 4.78 is 2.83. The van der Waals surface area contributed by atoms with Crippen molar-refractivity contribution in [3.8, 4) is 0 Å². The molecule has 0 radical (unpaired) electrons. The van der Waals surface area contributed by atoms with E-state index in [2.05, 4.69) is 46.9 Å². The van der Waals surface area contributed by atoms with E-state index in [-0.39, 0.29) is 11.9 Å². The Bertz CT molecular complexity index is 694. The van der Waals surface area contributed by atoms with Crippen LogP contribution in [0.15, 0.2) is 18.2 Å². The third-order valence-corrected chi connectivity index (χ3v) is 4.81. The van der Waals surface area contributed by atoms with Gasteiger partial charge in [-0.2, -0.15) is 5.10 Å². The summed E-state index contributed by atoms with van der Waals surface area (Å²) in [7, 11) is 0. The maximum absolute atomic E-state index is 12.4. The summed E-state index contributed by atoms with van der Waals surface area (Å²) in [5.41, 5.74) is 3.07. The third kappa shape index (κ3) is 3.40. The number of carbonyl (C=O) groups is 1. The van der Waals surface area contributed by atoms with Gasteiger partial charge < -0.3 is 5.32 Å². The van der Waals surface area contributed by atoms with E-state index in [0.717, 1.165) is 20.6 Å². The number of anilines is 1. The van der Waals surface area contributed by atoms with E-state index < -0.39 is 0 Å². The zero-order valence-corrected chi connectivity index (χ0v) is 15.3. The Hall–Kier alpha value is -1.08. The van der Waals surface area contributed by atoms with Gasteiger partial charge in [-0.15, -0.1) is 0 Å². The highest BCUT2D eigenvalue weighted by molar-refractivity contribution is 14.1. The molecule has 0 aliphatic heterocycles. The van der Waals surface area contributed by atoms with Crippen molar-refractivity contribution >= 4 is 45.8 Å². The number of benzene rings is 1. The molecule has 1 aromatic heterocycles. The second-order valence-corrected chi connectivity index (χ2v) is 6.74. The van der Waals surface area contributed by atoms with Crippen LogP contribution in [0, 0.1) is 17.4 Å². The van der Waals surface area contributed by atoms with Gasteiger partial charge in [-0.3, -0.25) is 9.48 Å². The molecule has 112 valence electrons. The van der Waals surface area contributed by atoms with Crippen molar-refractivity contribution in [2.75, 3.05) is 5.32 Å². The zero-order chi connectivity index (χ0) is 15.7. The van der Waals surface area contributed by atoms with Gasteiger partial charge in [-0.05, 0) is 68.5 Å². The van der Waals surface area contributed by atoms with Gasteiger partial charge in [-0.1, -0.05) is 11.6 Å². The quantitative estimate of drug-likeness (QED) is 0.743. The number of hydrogen-bond acceptors (Lipinski definition) is 2. The number of hydrogen-bond donors (Lipinski definition) is 1. The largest absolute Gasteiger partial charge is 0.319 e. The highest BCUT2D eigenvalue weighted by Gasteiger charge is 2.16. The first-order valence-electron chi connectivity index (χ1n) is 6.63. The van der Waals surface area contributed by atoms with Crippen LogP contribution in [0.2, 0.25) is 5.02 Å². The summed E-state index contributed by atoms with van der Waals surface area (Å²) in [5, 5.41) is 7.97. The first-order valence-corrected chi connectivity index (χ1v) is 8.09. The lowest BCUT2D eigenvalue weighted by Gasteiger charge is -2.09. The average Bonchev–Trinajstić information content (AvgIpc) is 2.70. The van der Waals surface area contributed by atoms with Gasteiger partial charge in [0.05, 0.1) is 22.1 Å². The predicted octanol–water partition coefficient (Wildman–Crippen LogP) is 4.59. The molecule has 0 aliphatic rings. The predicted molar refractivity (Wildman–Crippen MR) is 94.2 cm³/mol. The summed E-state index contributed by atoms with van der Waals surface area (Å²) in [5.74, 6) is -0.178. The Kier molecular flexibility index (Phi) is 4.93. The number of carbonyl (C=O) groups excluding carboxylic acids is 1. The minimum atomic E-state index is -0.178. The molecular formula is C15H17ClIN3O. The summed E-state index contributed by atoms with van der Waals surface area (Å²) in [6.45, 7) is 7.97. The average molecular weight is 418 g/mol. The maximum atomic E-state index is 12.4. The van der Waals surface area contributed by atoms with Gasteiger partial charge in [0.2, 0.25) is 0 Å². The molecule has 0 bridgehead atoms. The molecule has 0 aliphatic carbocycles. The van der Waals surface area contributed by atoms with E-state index in [0.29, 0.717) is 10.6 Å². The molecule has 1 heterocycles. The van der Waals surface area contributed by atoms with E-state index in [1.165, 1.54) is 0 Å². The molecule has 1 N–H and O–H groups in total. The van der Waals surface area contributed by atoms with Crippen molar-refractivity contribution in [2.24, 2.45) is 0 Å². The van der Waals surface area contributed by atoms with Crippen molar-refractivity contribution in [3.05, 3.63) is 43.7 Å². The van der Waals surface area contributed by atoms with E-state index in [1.54, 1.807) is 12.1 Å². The third-order valence-electron chi connectivity index (χ3n) is 3.23. The molecule has 0 fully saturated rings. The fraction of sp³-hybridized carbons (Fsp3) is 0.333. The summed E-state index contributed by atoms with van der Waals surface area (Å²) in [6.07, 6.45) is 0. The molecule has 6 heteroatoms. The summed E-state index contributed by atoms with van der Waals surface area (Å²) in [6, 6.07) is 5.52. The lowest BCUT2D eigenvalue weighted by Crippen LogP contribution is -2.13. The summed E-state index contributed by atoms with van der Waals surface area (Å²) >= 11 is 8.20. The minimum absolute atomic E-state index is 0.178. The molecule has 0 saturated heterocycles. The van der Waals surface area contributed by atoms with E-state index in [4.69, 9.17) is 11.6 Å². The number of aryl methyl sites for hydroxylation is 1. The van der Waals surface area contributed by atoms with Crippen molar-refractivity contribution in [2.45, 2.75) is 33.7 Å². The van der Waals surface area contributed by atoms with Crippen molar-refractivity contribution in [1.29, 1.82) is 0 Å². The monoisotopic (exact) mass is 417 g/mol. The lowest BCUT2D eigenvalue weighted by molar-refractivity contribution is 0.102. The fourth-order valence-corrected chi connectivity index (χ4v) is 2.69. The molecule has 4 nitrogen and oxygen atoms in total. The number of aromatic nitrogens is 2. The Morgan fingerprint density at radius 2 is 2.05 bits per heavy atom. The van der Waals surface area contributed by atoms with Crippen LogP contribution in [0.25, 0.3) is 0 Å². The first kappa shape index (κ1) is 16.3. The summed E-state index contributed by atoms with van der Waals surface area (Å²) in [4.78, 5) is 12.4. The van der Waals surface area contributed by atoms with Crippen LogP contribution in [0.4, 0.5) is 5.69 Å². The Morgan fingerprint density at radius 3 is 2.57 bits per heavy atom. The highest BCUT2D eigenvalue weighted by atomic mass is 127. The molecule has 1 amide bonds. The van der Waals surface area contributed by atoms with Crippen LogP contribution in [-0.2, 0) is 0 Å². The smallest absolute Gasteiger partial charge is 0.255 e. The van der Waals surface area contributed by atoms with Gasteiger partial charge in [0.15, 0.2) is 0 Å². The highest BCUT2D eigenvalue weighted by Crippen LogP contribution is 2.24. The number of nitrogens with one attached hydrogen (secondary N) is 1. The first-order chi connectivity index (χ1) is 9.81. The standard InChI is InChI=1S/C15H17ClIN3O/c1-8(2)20-10(4)14(9(3)19-20)18-15(21)11-5-6-13(17)12(16)7-11/h5-8H,1-4H3,(H,18,21). The molecule has 0 atom stereocenters.